The molecule has 1 heterocycles. The molecule has 1 aromatic rings. The van der Waals surface area contributed by atoms with Crippen molar-refractivity contribution in [3.8, 4) is 5.75 Å². The highest BCUT2D eigenvalue weighted by Gasteiger charge is 2.50. The van der Waals surface area contributed by atoms with Crippen LogP contribution in [0.5, 0.6) is 5.75 Å². The first kappa shape index (κ1) is 13.6. The van der Waals surface area contributed by atoms with Gasteiger partial charge in [-0.1, -0.05) is 19.9 Å². The molecule has 0 aromatic heterocycles. The van der Waals surface area contributed by atoms with Gasteiger partial charge in [-0.3, -0.25) is 4.90 Å². The van der Waals surface area contributed by atoms with E-state index in [1.807, 2.05) is 12.1 Å². The lowest BCUT2D eigenvalue weighted by molar-refractivity contribution is 0.000427. The number of benzene rings is 1. The lowest BCUT2D eigenvalue weighted by Crippen LogP contribution is -2.60. The van der Waals surface area contributed by atoms with E-state index in [1.165, 1.54) is 36.9 Å². The van der Waals surface area contributed by atoms with Gasteiger partial charge in [-0.25, -0.2) is 0 Å². The Kier molecular flexibility index (Phi) is 2.91. The molecule has 2 heteroatoms. The number of hydrogen-bond acceptors (Lipinski definition) is 2. The largest absolute Gasteiger partial charge is 0.508 e. The Balaban J connectivity index is 1.73. The summed E-state index contributed by atoms with van der Waals surface area (Å²) in [7, 11) is 0. The minimum Gasteiger partial charge on any atom is -0.508 e. The van der Waals surface area contributed by atoms with Crippen molar-refractivity contribution >= 4 is 0 Å². The van der Waals surface area contributed by atoms with Crippen molar-refractivity contribution < 1.29 is 5.11 Å². The van der Waals surface area contributed by atoms with E-state index in [0.717, 1.165) is 18.4 Å². The second kappa shape index (κ2) is 4.49. The van der Waals surface area contributed by atoms with Gasteiger partial charge in [0.05, 0.1) is 0 Å². The van der Waals surface area contributed by atoms with E-state index in [-0.39, 0.29) is 5.41 Å². The third-order valence-corrected chi connectivity index (χ3v) is 6.86. The molecule has 2 fully saturated rings. The molecule has 3 aliphatic rings. The first-order valence-electron chi connectivity index (χ1n) is 8.59. The molecule has 1 saturated carbocycles. The van der Waals surface area contributed by atoms with Crippen molar-refractivity contribution in [3.05, 3.63) is 29.3 Å². The van der Waals surface area contributed by atoms with Gasteiger partial charge in [0.1, 0.15) is 5.75 Å². The molecule has 114 valence electrons. The molecule has 2 aliphatic carbocycles. The molecule has 2 nitrogen and oxygen atoms in total. The Morgan fingerprint density at radius 3 is 2.81 bits per heavy atom. The molecular formula is C19H27NO. The second-order valence-corrected chi connectivity index (χ2v) is 7.88. The molecule has 0 spiro atoms. The van der Waals surface area contributed by atoms with Crippen LogP contribution in [0.2, 0.25) is 0 Å². The Morgan fingerprint density at radius 1 is 1.33 bits per heavy atom. The lowest BCUT2D eigenvalue weighted by Gasteiger charge is -2.56. The van der Waals surface area contributed by atoms with Gasteiger partial charge in [0.2, 0.25) is 0 Å². The van der Waals surface area contributed by atoms with E-state index in [0.29, 0.717) is 17.7 Å². The van der Waals surface area contributed by atoms with Gasteiger partial charge in [0.15, 0.2) is 0 Å². The average Bonchev–Trinajstić information content (AvgIpc) is 3.28. The topological polar surface area (TPSA) is 23.5 Å². The summed E-state index contributed by atoms with van der Waals surface area (Å²) in [6, 6.07) is 7.48. The van der Waals surface area contributed by atoms with Crippen molar-refractivity contribution in [1.29, 1.82) is 0 Å². The summed E-state index contributed by atoms with van der Waals surface area (Å²) in [6.07, 6.45) is 5.24. The van der Waals surface area contributed by atoms with Crippen LogP contribution in [0.15, 0.2) is 18.2 Å². The molecule has 2 bridgehead atoms. The number of phenols is 1. The molecule has 0 radical (unpaired) electrons. The maximum Gasteiger partial charge on any atom is 0.115 e. The van der Waals surface area contributed by atoms with Gasteiger partial charge >= 0.3 is 0 Å². The van der Waals surface area contributed by atoms with E-state index in [9.17, 15) is 5.11 Å². The fourth-order valence-electron chi connectivity index (χ4n) is 5.00. The molecule has 1 saturated heterocycles. The highest BCUT2D eigenvalue weighted by molar-refractivity contribution is 5.44. The van der Waals surface area contributed by atoms with Crippen LogP contribution in [-0.4, -0.2) is 28.6 Å². The number of likely N-dealkylation sites (tertiary alicyclic amines) is 1. The summed E-state index contributed by atoms with van der Waals surface area (Å²) in [6.45, 7) is 8.52. The van der Waals surface area contributed by atoms with Crippen LogP contribution < -0.4 is 0 Å². The van der Waals surface area contributed by atoms with Gasteiger partial charge in [-0.05, 0) is 79.7 Å². The summed E-state index contributed by atoms with van der Waals surface area (Å²) >= 11 is 0. The number of hydrogen-bond donors (Lipinski definition) is 1. The molecule has 0 amide bonds. The highest BCUT2D eigenvalue weighted by atomic mass is 16.3. The zero-order chi connectivity index (χ0) is 14.8. The maximum absolute atomic E-state index is 9.90. The van der Waals surface area contributed by atoms with E-state index >= 15 is 0 Å². The van der Waals surface area contributed by atoms with Crippen LogP contribution in [-0.2, 0) is 11.8 Å². The quantitative estimate of drug-likeness (QED) is 0.895. The van der Waals surface area contributed by atoms with Crippen LogP contribution in [0.25, 0.3) is 0 Å². The van der Waals surface area contributed by atoms with Crippen molar-refractivity contribution in [2.75, 3.05) is 6.54 Å². The number of aromatic hydroxyl groups is 1. The Bertz CT molecular complexity index is 565. The third kappa shape index (κ3) is 1.95. The van der Waals surface area contributed by atoms with E-state index in [4.69, 9.17) is 0 Å². The zero-order valence-electron chi connectivity index (χ0n) is 13.5. The normalized spacial score (nSPS) is 37.1. The smallest absolute Gasteiger partial charge is 0.115 e. The van der Waals surface area contributed by atoms with Crippen molar-refractivity contribution in [1.82, 2.24) is 4.90 Å². The second-order valence-electron chi connectivity index (χ2n) is 7.88. The Labute approximate surface area is 128 Å². The summed E-state index contributed by atoms with van der Waals surface area (Å²) in [5.74, 6) is 2.04. The SMILES string of the molecule is C[C@H](C1CC1)N1CC[C@@]2(C)c3cc(O)ccc3CC1[C@@H]2C. The summed E-state index contributed by atoms with van der Waals surface area (Å²) in [4.78, 5) is 2.81. The molecule has 4 atom stereocenters. The molecule has 1 aliphatic heterocycles. The predicted molar refractivity (Wildman–Crippen MR) is 85.6 cm³/mol. The van der Waals surface area contributed by atoms with Crippen molar-refractivity contribution in [3.63, 3.8) is 0 Å². The molecule has 4 rings (SSSR count). The Morgan fingerprint density at radius 2 is 2.10 bits per heavy atom. The first-order valence-corrected chi connectivity index (χ1v) is 8.59. The summed E-state index contributed by atoms with van der Waals surface area (Å²) in [5.41, 5.74) is 3.10. The first-order chi connectivity index (χ1) is 10.0. The molecule has 21 heavy (non-hydrogen) atoms. The number of nitrogens with zero attached hydrogens (tertiary/aromatic N) is 1. The monoisotopic (exact) mass is 285 g/mol. The zero-order valence-corrected chi connectivity index (χ0v) is 13.5. The number of rotatable bonds is 2. The van der Waals surface area contributed by atoms with Gasteiger partial charge in [-0.2, -0.15) is 0 Å². The minimum absolute atomic E-state index is 0.233. The van der Waals surface area contributed by atoms with E-state index in [2.05, 4.69) is 31.7 Å². The maximum atomic E-state index is 9.90. The number of fused-ring (bicyclic) bond motifs is 4. The van der Waals surface area contributed by atoms with Gasteiger partial charge in [-0.15, -0.1) is 0 Å². The molecule has 1 N–H and O–H groups in total. The average molecular weight is 285 g/mol. The number of piperidine rings is 1. The lowest BCUT2D eigenvalue weighted by atomic mass is 9.58. The van der Waals surface area contributed by atoms with Gasteiger partial charge in [0, 0.05) is 12.1 Å². The van der Waals surface area contributed by atoms with Crippen molar-refractivity contribution in [2.24, 2.45) is 11.8 Å². The Hall–Kier alpha value is -1.02. The number of phenolic OH excluding ortho intramolecular Hbond substituents is 1. The highest BCUT2D eigenvalue weighted by Crippen LogP contribution is 2.51. The van der Waals surface area contributed by atoms with Crippen LogP contribution in [0.1, 0.15) is 51.2 Å². The van der Waals surface area contributed by atoms with Crippen LogP contribution >= 0.6 is 0 Å². The summed E-state index contributed by atoms with van der Waals surface area (Å²) < 4.78 is 0. The summed E-state index contributed by atoms with van der Waals surface area (Å²) in [5, 5.41) is 9.90. The van der Waals surface area contributed by atoms with Gasteiger partial charge < -0.3 is 5.11 Å². The van der Waals surface area contributed by atoms with E-state index in [1.54, 1.807) is 0 Å². The molecule has 1 unspecified atom stereocenters. The predicted octanol–water partition coefficient (Wildman–Crippen LogP) is 3.71. The molecular weight excluding hydrogens is 258 g/mol. The van der Waals surface area contributed by atoms with Crippen molar-refractivity contribution in [2.45, 2.75) is 64.0 Å². The fraction of sp³-hybridized carbons (Fsp3) is 0.684. The fourth-order valence-corrected chi connectivity index (χ4v) is 5.00. The minimum atomic E-state index is 0.233. The van der Waals surface area contributed by atoms with Gasteiger partial charge in [0.25, 0.3) is 0 Å². The molecule has 1 aromatic carbocycles. The van der Waals surface area contributed by atoms with Crippen LogP contribution in [0, 0.1) is 11.8 Å². The van der Waals surface area contributed by atoms with E-state index < -0.39 is 0 Å². The van der Waals surface area contributed by atoms with Crippen LogP contribution in [0.4, 0.5) is 0 Å². The third-order valence-electron chi connectivity index (χ3n) is 6.86. The standard InChI is InChI=1S/C19H27NO/c1-12-18-10-15-6-7-16(21)11-17(15)19(12,3)8-9-20(18)13(2)14-4-5-14/h6-7,11-14,18,21H,4-5,8-10H2,1-3H3/t12-,13+,18?,19+/m0/s1. The van der Waals surface area contributed by atoms with Crippen LogP contribution in [0.3, 0.4) is 0 Å².